The maximum absolute atomic E-state index is 11.0. The maximum Gasteiger partial charge on any atom is 0.135 e. The number of aliphatic hydroxyl groups is 1. The molecule has 0 saturated carbocycles. The number of rotatable bonds is 3. The predicted octanol–water partition coefficient (Wildman–Crippen LogP) is 4.47. The molecule has 0 radical (unpaired) electrons. The SMILES string of the molecule is CC.CC.Cc1cccc(C(O)(C(C)C)C2CCCO2)n1. The Bertz CT molecular complexity index is 387. The molecule has 0 aliphatic carbocycles. The van der Waals surface area contributed by atoms with Crippen molar-refractivity contribution in [2.75, 3.05) is 6.61 Å². The van der Waals surface area contributed by atoms with Crippen molar-refractivity contribution in [2.24, 2.45) is 5.92 Å². The lowest BCUT2D eigenvalue weighted by atomic mass is 9.80. The van der Waals surface area contributed by atoms with Crippen molar-refractivity contribution in [1.29, 1.82) is 0 Å². The molecule has 1 aromatic rings. The van der Waals surface area contributed by atoms with Crippen LogP contribution in [-0.2, 0) is 10.3 Å². The van der Waals surface area contributed by atoms with Gasteiger partial charge >= 0.3 is 0 Å². The molecule has 0 amide bonds. The van der Waals surface area contributed by atoms with Crippen LogP contribution in [0.3, 0.4) is 0 Å². The van der Waals surface area contributed by atoms with E-state index in [0.29, 0.717) is 0 Å². The third-order valence-electron chi connectivity index (χ3n) is 3.60. The molecule has 1 aromatic heterocycles. The Kier molecular flexibility index (Phi) is 9.47. The molecule has 2 rings (SSSR count). The van der Waals surface area contributed by atoms with Gasteiger partial charge in [0.2, 0.25) is 0 Å². The van der Waals surface area contributed by atoms with Crippen LogP contribution in [0.5, 0.6) is 0 Å². The minimum atomic E-state index is -0.970. The molecular formula is C18H33NO2. The van der Waals surface area contributed by atoms with E-state index in [0.717, 1.165) is 30.8 Å². The molecule has 1 aliphatic rings. The number of nitrogens with zero attached hydrogens (tertiary/aromatic N) is 1. The lowest BCUT2D eigenvalue weighted by Crippen LogP contribution is -2.44. The van der Waals surface area contributed by atoms with E-state index in [-0.39, 0.29) is 12.0 Å². The highest BCUT2D eigenvalue weighted by molar-refractivity contribution is 5.19. The third kappa shape index (κ3) is 4.79. The summed E-state index contributed by atoms with van der Waals surface area (Å²) < 4.78 is 5.68. The van der Waals surface area contributed by atoms with Gasteiger partial charge in [-0.15, -0.1) is 0 Å². The van der Waals surface area contributed by atoms with Crippen LogP contribution in [0.1, 0.15) is 65.8 Å². The molecule has 1 fully saturated rings. The lowest BCUT2D eigenvalue weighted by molar-refractivity contribution is -0.122. The van der Waals surface area contributed by atoms with Crippen LogP contribution >= 0.6 is 0 Å². The Morgan fingerprint density at radius 1 is 1.24 bits per heavy atom. The minimum absolute atomic E-state index is 0.0832. The molecule has 2 heterocycles. The van der Waals surface area contributed by atoms with Crippen LogP contribution in [0.25, 0.3) is 0 Å². The fraction of sp³-hybridized carbons (Fsp3) is 0.722. The number of aryl methyl sites for hydroxylation is 1. The van der Waals surface area contributed by atoms with Crippen molar-refractivity contribution in [2.45, 2.75) is 73.0 Å². The highest BCUT2D eigenvalue weighted by atomic mass is 16.5. The van der Waals surface area contributed by atoms with Gasteiger partial charge in [0.25, 0.3) is 0 Å². The van der Waals surface area contributed by atoms with Crippen molar-refractivity contribution in [1.82, 2.24) is 4.98 Å². The largest absolute Gasteiger partial charge is 0.381 e. The summed E-state index contributed by atoms with van der Waals surface area (Å²) in [6.45, 7) is 14.7. The van der Waals surface area contributed by atoms with Crippen molar-refractivity contribution >= 4 is 0 Å². The van der Waals surface area contributed by atoms with E-state index >= 15 is 0 Å². The molecule has 0 bridgehead atoms. The van der Waals surface area contributed by atoms with Crippen molar-refractivity contribution in [3.63, 3.8) is 0 Å². The van der Waals surface area contributed by atoms with Gasteiger partial charge in [-0.3, -0.25) is 4.98 Å². The van der Waals surface area contributed by atoms with E-state index in [9.17, 15) is 5.11 Å². The first-order valence-corrected chi connectivity index (χ1v) is 8.33. The van der Waals surface area contributed by atoms with Gasteiger partial charge in [0.05, 0.1) is 11.8 Å². The van der Waals surface area contributed by atoms with Gasteiger partial charge in [0.1, 0.15) is 5.60 Å². The van der Waals surface area contributed by atoms with E-state index in [1.807, 2.05) is 66.7 Å². The van der Waals surface area contributed by atoms with Crippen molar-refractivity contribution in [3.05, 3.63) is 29.6 Å². The Balaban J connectivity index is 0.000000921. The number of hydrogen-bond donors (Lipinski definition) is 1. The van der Waals surface area contributed by atoms with E-state index in [2.05, 4.69) is 4.98 Å². The van der Waals surface area contributed by atoms with E-state index in [1.54, 1.807) is 0 Å². The average molecular weight is 295 g/mol. The maximum atomic E-state index is 11.0. The normalized spacial score (nSPS) is 20.0. The van der Waals surface area contributed by atoms with Gasteiger partial charge in [0.15, 0.2) is 0 Å². The molecule has 0 aromatic carbocycles. The second-order valence-corrected chi connectivity index (χ2v) is 5.15. The molecular weight excluding hydrogens is 262 g/mol. The first-order valence-electron chi connectivity index (χ1n) is 8.33. The Labute approximate surface area is 130 Å². The first kappa shape index (κ1) is 20.1. The summed E-state index contributed by atoms with van der Waals surface area (Å²) in [5.41, 5.74) is 0.696. The predicted molar refractivity (Wildman–Crippen MR) is 89.4 cm³/mol. The molecule has 1 aliphatic heterocycles. The molecule has 0 spiro atoms. The van der Waals surface area contributed by atoms with Gasteiger partial charge < -0.3 is 9.84 Å². The summed E-state index contributed by atoms with van der Waals surface area (Å²) in [4.78, 5) is 4.48. The fourth-order valence-corrected chi connectivity index (χ4v) is 2.52. The van der Waals surface area contributed by atoms with E-state index in [4.69, 9.17) is 4.74 Å². The number of pyridine rings is 1. The fourth-order valence-electron chi connectivity index (χ4n) is 2.52. The zero-order valence-corrected chi connectivity index (χ0v) is 14.8. The van der Waals surface area contributed by atoms with Gasteiger partial charge in [-0.1, -0.05) is 47.6 Å². The smallest absolute Gasteiger partial charge is 0.135 e. The number of ether oxygens (including phenoxy) is 1. The molecule has 122 valence electrons. The van der Waals surface area contributed by atoms with Gasteiger partial charge in [-0.05, 0) is 37.8 Å². The average Bonchev–Trinajstić information content (AvgIpc) is 3.05. The molecule has 1 saturated heterocycles. The van der Waals surface area contributed by atoms with E-state index in [1.165, 1.54) is 0 Å². The van der Waals surface area contributed by atoms with Gasteiger partial charge in [-0.25, -0.2) is 0 Å². The summed E-state index contributed by atoms with van der Waals surface area (Å²) in [7, 11) is 0. The Hall–Kier alpha value is -0.930. The second-order valence-electron chi connectivity index (χ2n) is 5.15. The Morgan fingerprint density at radius 2 is 1.86 bits per heavy atom. The standard InChI is InChI=1S/C14H21NO2.2C2H6/c1-10(2)14(16,13-8-5-9-17-13)12-7-4-6-11(3)15-12;2*1-2/h4,6-7,10,13,16H,5,8-9H2,1-3H3;2*1-2H3. The summed E-state index contributed by atoms with van der Waals surface area (Å²) in [6.07, 6.45) is 1.80. The molecule has 2 atom stereocenters. The van der Waals surface area contributed by atoms with E-state index < -0.39 is 5.60 Å². The first-order chi connectivity index (χ1) is 10.0. The van der Waals surface area contributed by atoms with Gasteiger partial charge in [0, 0.05) is 12.3 Å². The third-order valence-corrected chi connectivity index (χ3v) is 3.60. The molecule has 3 nitrogen and oxygen atoms in total. The minimum Gasteiger partial charge on any atom is -0.381 e. The van der Waals surface area contributed by atoms with Crippen LogP contribution in [0, 0.1) is 12.8 Å². The van der Waals surface area contributed by atoms with Crippen LogP contribution < -0.4 is 0 Å². The highest BCUT2D eigenvalue weighted by Gasteiger charge is 2.44. The number of hydrogen-bond acceptors (Lipinski definition) is 3. The zero-order chi connectivity index (χ0) is 16.5. The highest BCUT2D eigenvalue weighted by Crippen LogP contribution is 2.38. The molecule has 21 heavy (non-hydrogen) atoms. The summed E-state index contributed by atoms with van der Waals surface area (Å²) >= 11 is 0. The number of aromatic nitrogens is 1. The van der Waals surface area contributed by atoms with Crippen LogP contribution in [0.15, 0.2) is 18.2 Å². The summed E-state index contributed by atoms with van der Waals surface area (Å²) in [5, 5.41) is 11.0. The quantitative estimate of drug-likeness (QED) is 0.895. The topological polar surface area (TPSA) is 42.4 Å². The molecule has 1 N–H and O–H groups in total. The summed E-state index contributed by atoms with van der Waals surface area (Å²) in [5.74, 6) is 0.0832. The zero-order valence-electron chi connectivity index (χ0n) is 14.8. The van der Waals surface area contributed by atoms with Gasteiger partial charge in [-0.2, -0.15) is 0 Å². The van der Waals surface area contributed by atoms with Crippen LogP contribution in [0.2, 0.25) is 0 Å². The van der Waals surface area contributed by atoms with Crippen LogP contribution in [0.4, 0.5) is 0 Å². The molecule has 3 heteroatoms. The van der Waals surface area contributed by atoms with Crippen molar-refractivity contribution in [3.8, 4) is 0 Å². The second kappa shape index (κ2) is 9.91. The van der Waals surface area contributed by atoms with Crippen molar-refractivity contribution < 1.29 is 9.84 Å². The monoisotopic (exact) mass is 295 g/mol. The summed E-state index contributed by atoms with van der Waals surface area (Å²) in [6, 6.07) is 5.79. The molecule has 2 unspecified atom stereocenters. The Morgan fingerprint density at radius 3 is 2.29 bits per heavy atom. The van der Waals surface area contributed by atoms with Crippen LogP contribution in [-0.4, -0.2) is 22.8 Å². The lowest BCUT2D eigenvalue weighted by Gasteiger charge is -2.36.